The van der Waals surface area contributed by atoms with Crippen molar-refractivity contribution in [2.75, 3.05) is 17.9 Å². The predicted octanol–water partition coefficient (Wildman–Crippen LogP) is 1.20. The third-order valence-corrected chi connectivity index (χ3v) is 5.26. The van der Waals surface area contributed by atoms with Crippen molar-refractivity contribution in [3.05, 3.63) is 29.3 Å². The number of ether oxygens (including phenoxy) is 1. The Labute approximate surface area is 118 Å². The fraction of sp³-hybridized carbons (Fsp3) is 0.462. The van der Waals surface area contributed by atoms with Crippen LogP contribution < -0.4 is 10.5 Å². The highest BCUT2D eigenvalue weighted by molar-refractivity contribution is 7.93. The number of nitrogens with two attached hydrogens (primary N) is 1. The highest BCUT2D eigenvalue weighted by Gasteiger charge is 2.28. The summed E-state index contributed by atoms with van der Waals surface area (Å²) in [5.74, 6) is -0.0866. The Bertz CT molecular complexity index is 607. The van der Waals surface area contributed by atoms with Crippen LogP contribution in [0.4, 0.5) is 5.69 Å². The number of nitrogen functional groups attached to an aromatic ring is 1. The molecule has 2 rings (SSSR count). The first kappa shape index (κ1) is 14.8. The smallest absolute Gasteiger partial charge is 0.235 e. The summed E-state index contributed by atoms with van der Waals surface area (Å²) >= 11 is 0. The minimum atomic E-state index is -3.44. The molecule has 1 saturated heterocycles. The van der Waals surface area contributed by atoms with E-state index in [0.717, 1.165) is 5.56 Å². The monoisotopic (exact) mass is 297 g/mol. The number of hydrogen-bond acceptors (Lipinski definition) is 4. The summed E-state index contributed by atoms with van der Waals surface area (Å²) in [4.78, 5) is 0. The Kier molecular flexibility index (Phi) is 4.29. The van der Waals surface area contributed by atoms with E-state index in [0.29, 0.717) is 37.3 Å². The summed E-state index contributed by atoms with van der Waals surface area (Å²) in [5.41, 5.74) is 7.20. The maximum atomic E-state index is 12.3. The topological polar surface area (TPSA) is 105 Å². The van der Waals surface area contributed by atoms with Gasteiger partial charge in [0.25, 0.3) is 0 Å². The first-order valence-electron chi connectivity index (χ1n) is 6.44. The van der Waals surface area contributed by atoms with Crippen LogP contribution in [0.3, 0.4) is 0 Å². The van der Waals surface area contributed by atoms with E-state index < -0.39 is 15.3 Å². The van der Waals surface area contributed by atoms with E-state index in [9.17, 15) is 8.42 Å². The number of benzene rings is 1. The Balaban J connectivity index is 2.24. The normalized spacial score (nSPS) is 16.9. The van der Waals surface area contributed by atoms with Crippen molar-refractivity contribution in [1.29, 1.82) is 5.41 Å². The maximum Gasteiger partial charge on any atom is 0.235 e. The third kappa shape index (κ3) is 3.29. The van der Waals surface area contributed by atoms with Crippen LogP contribution in [0.5, 0.6) is 0 Å². The van der Waals surface area contributed by atoms with Crippen LogP contribution in [0.1, 0.15) is 24.0 Å². The van der Waals surface area contributed by atoms with Gasteiger partial charge in [0.2, 0.25) is 10.0 Å². The van der Waals surface area contributed by atoms with Crippen LogP contribution in [0.25, 0.3) is 0 Å². The Morgan fingerprint density at radius 2 is 2.05 bits per heavy atom. The van der Waals surface area contributed by atoms with Gasteiger partial charge in [-0.05, 0) is 31.4 Å². The zero-order chi connectivity index (χ0) is 14.8. The van der Waals surface area contributed by atoms with Gasteiger partial charge in [0.05, 0.1) is 10.9 Å². The second kappa shape index (κ2) is 5.80. The van der Waals surface area contributed by atoms with Gasteiger partial charge in [-0.3, -0.25) is 10.1 Å². The van der Waals surface area contributed by atoms with E-state index in [1.807, 2.05) is 6.92 Å². The Morgan fingerprint density at radius 1 is 1.40 bits per heavy atom. The summed E-state index contributed by atoms with van der Waals surface area (Å²) in [7, 11) is -3.44. The molecular weight excluding hydrogens is 278 g/mol. The van der Waals surface area contributed by atoms with Gasteiger partial charge in [0.1, 0.15) is 5.84 Å². The van der Waals surface area contributed by atoms with Gasteiger partial charge in [-0.2, -0.15) is 0 Å². The van der Waals surface area contributed by atoms with Crippen molar-refractivity contribution in [2.45, 2.75) is 25.0 Å². The second-order valence-corrected chi connectivity index (χ2v) is 6.86. The molecule has 1 aliphatic rings. The van der Waals surface area contributed by atoms with Crippen molar-refractivity contribution >= 4 is 21.5 Å². The number of anilines is 1. The zero-order valence-corrected chi connectivity index (χ0v) is 12.2. The molecule has 1 heterocycles. The number of nitrogens with one attached hydrogen (secondary N) is 2. The zero-order valence-electron chi connectivity index (χ0n) is 11.3. The van der Waals surface area contributed by atoms with E-state index in [1.54, 1.807) is 18.2 Å². The highest BCUT2D eigenvalue weighted by Crippen LogP contribution is 2.22. The van der Waals surface area contributed by atoms with E-state index in [4.69, 9.17) is 15.9 Å². The molecule has 4 N–H and O–H groups in total. The average Bonchev–Trinajstić information content (AvgIpc) is 2.42. The molecule has 0 atom stereocenters. The number of hydrogen-bond donors (Lipinski definition) is 3. The van der Waals surface area contributed by atoms with Crippen molar-refractivity contribution in [3.8, 4) is 0 Å². The van der Waals surface area contributed by atoms with Gasteiger partial charge in [-0.1, -0.05) is 12.1 Å². The van der Waals surface area contributed by atoms with E-state index in [1.165, 1.54) is 0 Å². The molecule has 0 aliphatic carbocycles. The Hall–Kier alpha value is -1.60. The second-order valence-electron chi connectivity index (χ2n) is 4.90. The minimum Gasteiger partial charge on any atom is -0.384 e. The fourth-order valence-electron chi connectivity index (χ4n) is 2.12. The molecule has 0 saturated carbocycles. The van der Waals surface area contributed by atoms with Crippen LogP contribution in [-0.2, 0) is 14.8 Å². The molecule has 1 aromatic carbocycles. The average molecular weight is 297 g/mol. The predicted molar refractivity (Wildman–Crippen MR) is 78.6 cm³/mol. The minimum absolute atomic E-state index is 0.0866. The summed E-state index contributed by atoms with van der Waals surface area (Å²) in [6.45, 7) is 2.75. The molecule has 1 fully saturated rings. The van der Waals surface area contributed by atoms with Crippen molar-refractivity contribution < 1.29 is 13.2 Å². The number of aryl methyl sites for hydroxylation is 1. The largest absolute Gasteiger partial charge is 0.384 e. The molecule has 0 spiro atoms. The summed E-state index contributed by atoms with van der Waals surface area (Å²) in [6, 6.07) is 5.04. The van der Waals surface area contributed by atoms with Crippen molar-refractivity contribution in [2.24, 2.45) is 5.73 Å². The molecule has 1 aromatic rings. The lowest BCUT2D eigenvalue weighted by Gasteiger charge is -2.23. The molecule has 110 valence electrons. The lowest BCUT2D eigenvalue weighted by Crippen LogP contribution is -2.33. The first-order chi connectivity index (χ1) is 9.40. The lowest BCUT2D eigenvalue weighted by molar-refractivity contribution is 0.0984. The molecule has 20 heavy (non-hydrogen) atoms. The first-order valence-corrected chi connectivity index (χ1v) is 7.99. The standard InChI is InChI=1S/C13H19N3O3S/c1-9-2-3-10(13(14)15)8-12(9)16-20(17,18)11-4-6-19-7-5-11/h2-3,8,11,16H,4-7H2,1H3,(H3,14,15). The van der Waals surface area contributed by atoms with Gasteiger partial charge in [0.15, 0.2) is 0 Å². The van der Waals surface area contributed by atoms with E-state index in [2.05, 4.69) is 4.72 Å². The molecule has 0 bridgehead atoms. The molecule has 0 aromatic heterocycles. The summed E-state index contributed by atoms with van der Waals surface area (Å²) < 4.78 is 32.5. The highest BCUT2D eigenvalue weighted by atomic mass is 32.2. The van der Waals surface area contributed by atoms with Crippen molar-refractivity contribution in [3.63, 3.8) is 0 Å². The quantitative estimate of drug-likeness (QED) is 0.573. The van der Waals surface area contributed by atoms with Crippen LogP contribution in [0.2, 0.25) is 0 Å². The molecule has 0 unspecified atom stereocenters. The number of amidine groups is 1. The van der Waals surface area contributed by atoms with Gasteiger partial charge in [-0.25, -0.2) is 8.42 Å². The van der Waals surface area contributed by atoms with Crippen molar-refractivity contribution in [1.82, 2.24) is 0 Å². The fourth-order valence-corrected chi connectivity index (χ4v) is 3.63. The molecular formula is C13H19N3O3S. The van der Waals surface area contributed by atoms with Gasteiger partial charge in [0, 0.05) is 18.8 Å². The summed E-state index contributed by atoms with van der Waals surface area (Å²) in [5, 5.41) is 6.98. The van der Waals surface area contributed by atoms with Crippen LogP contribution in [-0.4, -0.2) is 32.7 Å². The van der Waals surface area contributed by atoms with Gasteiger partial charge in [-0.15, -0.1) is 0 Å². The summed E-state index contributed by atoms with van der Waals surface area (Å²) in [6.07, 6.45) is 1.00. The number of sulfonamides is 1. The van der Waals surface area contributed by atoms with Crippen LogP contribution in [0.15, 0.2) is 18.2 Å². The van der Waals surface area contributed by atoms with Gasteiger partial charge >= 0.3 is 0 Å². The third-order valence-electron chi connectivity index (χ3n) is 3.41. The Morgan fingerprint density at radius 3 is 2.65 bits per heavy atom. The molecule has 1 aliphatic heterocycles. The van der Waals surface area contributed by atoms with E-state index in [-0.39, 0.29) is 5.84 Å². The SMILES string of the molecule is Cc1ccc(C(=N)N)cc1NS(=O)(=O)C1CCOCC1. The lowest BCUT2D eigenvalue weighted by atomic mass is 10.1. The molecule has 0 radical (unpaired) electrons. The van der Waals surface area contributed by atoms with Crippen LogP contribution in [0, 0.1) is 12.3 Å². The van der Waals surface area contributed by atoms with E-state index >= 15 is 0 Å². The maximum absolute atomic E-state index is 12.3. The van der Waals surface area contributed by atoms with Crippen LogP contribution >= 0.6 is 0 Å². The molecule has 6 nitrogen and oxygen atoms in total. The molecule has 0 amide bonds. The molecule has 7 heteroatoms. The number of rotatable bonds is 4. The van der Waals surface area contributed by atoms with Gasteiger partial charge < -0.3 is 10.5 Å².